The number of amides is 1. The minimum atomic E-state index is -1.34. The maximum absolute atomic E-state index is 13.7. The van der Waals surface area contributed by atoms with Crippen LogP contribution in [0.3, 0.4) is 0 Å². The lowest BCUT2D eigenvalue weighted by Gasteiger charge is -2.23. The summed E-state index contributed by atoms with van der Waals surface area (Å²) in [5, 5.41) is 6.74. The van der Waals surface area contributed by atoms with E-state index >= 15 is 0 Å². The molecule has 1 aliphatic rings. The fourth-order valence-electron chi connectivity index (χ4n) is 3.66. The molecule has 3 aromatic rings. The molecular formula is C24H16BrCl2N3O4. The Morgan fingerprint density at radius 1 is 1.03 bits per heavy atom. The molecule has 10 heteroatoms. The van der Waals surface area contributed by atoms with Crippen LogP contribution in [0, 0.1) is 5.92 Å². The maximum Gasteiger partial charge on any atom is 0.339 e. The van der Waals surface area contributed by atoms with Crippen molar-refractivity contribution in [1.82, 2.24) is 0 Å². The van der Waals surface area contributed by atoms with Crippen molar-refractivity contribution in [1.29, 1.82) is 0 Å². The number of Topliss-reactive ketones (excluding diaryl/α,β-unsaturated/α-hetero) is 1. The van der Waals surface area contributed by atoms with Crippen molar-refractivity contribution in [3.05, 3.63) is 97.9 Å². The number of rotatable bonds is 6. The lowest BCUT2D eigenvalue weighted by atomic mass is 9.84. The van der Waals surface area contributed by atoms with Gasteiger partial charge in [-0.15, -0.1) is 0 Å². The highest BCUT2D eigenvalue weighted by atomic mass is 79.9. The van der Waals surface area contributed by atoms with Gasteiger partial charge in [0, 0.05) is 21.3 Å². The van der Waals surface area contributed by atoms with E-state index in [1.807, 2.05) is 0 Å². The number of fused-ring (bicyclic) bond motifs is 1. The van der Waals surface area contributed by atoms with Gasteiger partial charge in [0.1, 0.15) is 17.7 Å². The molecule has 0 spiro atoms. The molecule has 0 unspecified atom stereocenters. The molecule has 1 heterocycles. The van der Waals surface area contributed by atoms with E-state index < -0.39 is 29.7 Å². The van der Waals surface area contributed by atoms with Crippen molar-refractivity contribution in [2.75, 3.05) is 5.32 Å². The summed E-state index contributed by atoms with van der Waals surface area (Å²) in [6.07, 6.45) is -1.12. The molecule has 0 aromatic heterocycles. The molecule has 0 bridgehead atoms. The average molecular weight is 561 g/mol. The minimum Gasteiger partial charge on any atom is -0.453 e. The molecule has 34 heavy (non-hydrogen) atoms. The van der Waals surface area contributed by atoms with Crippen LogP contribution in [-0.4, -0.2) is 23.4 Å². The van der Waals surface area contributed by atoms with Crippen LogP contribution < -0.4 is 11.2 Å². The van der Waals surface area contributed by atoms with Gasteiger partial charge in [-0.1, -0.05) is 57.3 Å². The Labute approximate surface area is 213 Å². The number of hydrogen-bond acceptors (Lipinski definition) is 6. The van der Waals surface area contributed by atoms with Crippen molar-refractivity contribution in [2.24, 2.45) is 16.9 Å². The Bertz CT molecular complexity index is 1330. The molecule has 172 valence electrons. The molecule has 1 aliphatic heterocycles. The highest BCUT2D eigenvalue weighted by Gasteiger charge is 2.45. The molecule has 0 radical (unpaired) electrons. The Hall–Kier alpha value is -3.20. The predicted octanol–water partition coefficient (Wildman–Crippen LogP) is 5.42. The second-order valence-corrected chi connectivity index (χ2v) is 9.09. The first kappa shape index (κ1) is 23.9. The molecule has 3 N–H and O–H groups in total. The first-order valence-electron chi connectivity index (χ1n) is 9.94. The van der Waals surface area contributed by atoms with Crippen LogP contribution in [-0.2, 0) is 9.53 Å². The van der Waals surface area contributed by atoms with Crippen LogP contribution in [0.4, 0.5) is 5.69 Å². The highest BCUT2D eigenvalue weighted by molar-refractivity contribution is 9.10. The number of halogens is 3. The van der Waals surface area contributed by atoms with E-state index in [2.05, 4.69) is 26.3 Å². The minimum absolute atomic E-state index is 0.150. The van der Waals surface area contributed by atoms with Crippen LogP contribution in [0.15, 0.2) is 76.3 Å². The van der Waals surface area contributed by atoms with Crippen molar-refractivity contribution in [2.45, 2.75) is 6.10 Å². The summed E-state index contributed by atoms with van der Waals surface area (Å²) < 4.78 is 6.37. The van der Waals surface area contributed by atoms with E-state index in [4.69, 9.17) is 33.8 Å². The summed E-state index contributed by atoms with van der Waals surface area (Å²) >= 11 is 15.4. The van der Waals surface area contributed by atoms with E-state index in [0.29, 0.717) is 16.8 Å². The zero-order chi connectivity index (χ0) is 24.4. The van der Waals surface area contributed by atoms with Crippen LogP contribution in [0.25, 0.3) is 0 Å². The van der Waals surface area contributed by atoms with Gasteiger partial charge in [-0.25, -0.2) is 4.79 Å². The van der Waals surface area contributed by atoms with Crippen LogP contribution in [0.2, 0.25) is 10.0 Å². The number of ether oxygens (including phenoxy) is 1. The van der Waals surface area contributed by atoms with Gasteiger partial charge < -0.3 is 15.9 Å². The number of cyclic esters (lactones) is 1. The number of anilines is 1. The van der Waals surface area contributed by atoms with Gasteiger partial charge >= 0.3 is 5.97 Å². The van der Waals surface area contributed by atoms with E-state index in [0.717, 1.165) is 4.47 Å². The second-order valence-electron chi connectivity index (χ2n) is 7.36. The number of benzene rings is 3. The zero-order valence-electron chi connectivity index (χ0n) is 17.3. The fraction of sp³-hybridized carbons (Fsp3) is 0.0833. The summed E-state index contributed by atoms with van der Waals surface area (Å²) in [6, 6.07) is 17.7. The smallest absolute Gasteiger partial charge is 0.339 e. The summed E-state index contributed by atoms with van der Waals surface area (Å²) in [6.45, 7) is 0. The summed E-state index contributed by atoms with van der Waals surface area (Å²) in [4.78, 5) is 39.4. The number of hydrazone groups is 1. The predicted molar refractivity (Wildman–Crippen MR) is 133 cm³/mol. The first-order chi connectivity index (χ1) is 16.3. The molecule has 1 amide bonds. The van der Waals surface area contributed by atoms with Crippen LogP contribution in [0.5, 0.6) is 0 Å². The molecule has 0 saturated carbocycles. The Balaban J connectivity index is 1.77. The van der Waals surface area contributed by atoms with E-state index in [1.54, 1.807) is 48.5 Å². The number of nitrogens with zero attached hydrogens (tertiary/aromatic N) is 1. The number of nitrogens with two attached hydrogens (primary N) is 1. The number of hydrogen-bond donors (Lipinski definition) is 2. The third-order valence-electron chi connectivity index (χ3n) is 5.28. The van der Waals surface area contributed by atoms with Crippen molar-refractivity contribution in [3.63, 3.8) is 0 Å². The third kappa shape index (κ3) is 4.70. The lowest BCUT2D eigenvalue weighted by molar-refractivity contribution is -0.110. The largest absolute Gasteiger partial charge is 0.453 e. The lowest BCUT2D eigenvalue weighted by Crippen LogP contribution is -2.39. The number of ketones is 1. The molecule has 0 aliphatic carbocycles. The van der Waals surface area contributed by atoms with Gasteiger partial charge in [0.2, 0.25) is 0 Å². The van der Waals surface area contributed by atoms with Crippen molar-refractivity contribution >= 4 is 68.2 Å². The number of nitrogens with one attached hydrogen (secondary N) is 1. The quantitative estimate of drug-likeness (QED) is 0.137. The van der Waals surface area contributed by atoms with E-state index in [1.165, 1.54) is 18.2 Å². The highest BCUT2D eigenvalue weighted by Crippen LogP contribution is 2.39. The third-order valence-corrected chi connectivity index (χ3v) is 6.55. The average Bonchev–Trinajstić information content (AvgIpc) is 3.16. The maximum atomic E-state index is 13.7. The van der Waals surface area contributed by atoms with Gasteiger partial charge in [0.25, 0.3) is 5.91 Å². The van der Waals surface area contributed by atoms with Crippen molar-refractivity contribution < 1.29 is 19.1 Å². The topological polar surface area (TPSA) is 111 Å². The molecule has 0 saturated heterocycles. The zero-order valence-corrected chi connectivity index (χ0v) is 20.4. The molecule has 7 nitrogen and oxygen atoms in total. The van der Waals surface area contributed by atoms with Gasteiger partial charge in [-0.3, -0.25) is 9.59 Å². The molecule has 3 aromatic carbocycles. The summed E-state index contributed by atoms with van der Waals surface area (Å²) in [5.41, 5.74) is 1.04. The Morgan fingerprint density at radius 2 is 1.74 bits per heavy atom. The normalized spacial score (nSPS) is 15.9. The Kier molecular flexibility index (Phi) is 7.02. The van der Waals surface area contributed by atoms with E-state index in [9.17, 15) is 14.4 Å². The fourth-order valence-corrected chi connectivity index (χ4v) is 4.23. The number of esters is 1. The summed E-state index contributed by atoms with van der Waals surface area (Å²) in [5.74, 6) is 2.38. The molecule has 0 fully saturated rings. The molecule has 2 atom stereocenters. The SMILES string of the molecule is N/N=C(/C(=O)Nc1ccc(Br)cc1)[C@H](C(=O)c1ccc(Cl)c(Cl)c1)[C@H]1OC(=O)c2ccccc21. The van der Waals surface area contributed by atoms with Gasteiger partial charge in [0.05, 0.1) is 15.6 Å². The van der Waals surface area contributed by atoms with Gasteiger partial charge in [-0.05, 0) is 48.5 Å². The summed E-state index contributed by atoms with van der Waals surface area (Å²) in [7, 11) is 0. The number of carbonyl (C=O) groups is 3. The van der Waals surface area contributed by atoms with Gasteiger partial charge in [-0.2, -0.15) is 5.10 Å². The first-order valence-corrected chi connectivity index (χ1v) is 11.5. The molecular weight excluding hydrogens is 545 g/mol. The molecule has 4 rings (SSSR count). The standard InChI is InChI=1S/C24H16BrCl2N3O4/c25-13-6-8-14(9-7-13)29-23(32)20(30-28)19(21(31)12-5-10-17(26)18(27)11-12)22-15-3-1-2-4-16(15)24(33)34-22/h1-11,19,22H,28H2,(H,29,32)/b30-20+/t19-,22+/m1/s1. The van der Waals surface area contributed by atoms with Crippen LogP contribution in [0.1, 0.15) is 32.4 Å². The van der Waals surface area contributed by atoms with Gasteiger partial charge in [0.15, 0.2) is 5.78 Å². The van der Waals surface area contributed by atoms with Crippen molar-refractivity contribution in [3.8, 4) is 0 Å². The van der Waals surface area contributed by atoms with Crippen LogP contribution >= 0.6 is 39.1 Å². The monoisotopic (exact) mass is 559 g/mol. The Morgan fingerprint density at radius 3 is 2.41 bits per heavy atom. The van der Waals surface area contributed by atoms with E-state index in [-0.39, 0.29) is 21.3 Å². The number of carbonyl (C=O) groups excluding carboxylic acids is 3. The second kappa shape index (κ2) is 9.97.